The van der Waals surface area contributed by atoms with Crippen molar-refractivity contribution in [1.82, 2.24) is 0 Å². The summed E-state index contributed by atoms with van der Waals surface area (Å²) >= 11 is 0. The van der Waals surface area contributed by atoms with Crippen molar-refractivity contribution in [3.63, 3.8) is 0 Å². The van der Waals surface area contributed by atoms with Gasteiger partial charge in [0.25, 0.3) is 0 Å². The largest absolute Gasteiger partial charge is 0.112 e. The molecule has 0 nitrogen and oxygen atoms in total. The van der Waals surface area contributed by atoms with E-state index >= 15 is 0 Å². The summed E-state index contributed by atoms with van der Waals surface area (Å²) in [6, 6.07) is 0. The average Bonchev–Trinajstić information content (AvgIpc) is 2.40. The molecule has 2 heterocycles. The Morgan fingerprint density at radius 3 is 3.00 bits per heavy atom. The van der Waals surface area contributed by atoms with E-state index in [0.29, 0.717) is 0 Å². The Morgan fingerprint density at radius 1 is 1.23 bits per heavy atom. The maximum Gasteiger partial charge on any atom is -0.0119 e. The minimum absolute atomic E-state index is 0.858. The van der Waals surface area contributed by atoms with E-state index in [4.69, 9.17) is 0 Å². The van der Waals surface area contributed by atoms with Gasteiger partial charge in [-0.1, -0.05) is 32.6 Å². The molecule has 0 aromatic carbocycles. The molecule has 0 aliphatic carbocycles. The molecule has 0 spiro atoms. The number of hydrogen-bond donors (Lipinski definition) is 0. The van der Waals surface area contributed by atoms with Gasteiger partial charge in [0.05, 0.1) is 0 Å². The van der Waals surface area contributed by atoms with Gasteiger partial charge in [-0.3, -0.25) is 0 Å². The van der Waals surface area contributed by atoms with Crippen molar-refractivity contribution in [3.8, 4) is 0 Å². The molecular weight excluding hydrogens is 175 g/mol. The Kier molecular flexibility index (Phi) is 3.30. The summed E-state index contributed by atoms with van der Waals surface area (Å²) in [5.41, 5.74) is 1.15. The molecule has 1 heteroatoms. The van der Waals surface area contributed by atoms with Crippen LogP contribution in [0.25, 0.3) is 0 Å². The van der Waals surface area contributed by atoms with Crippen LogP contribution in [-0.2, 0) is 0 Å². The van der Waals surface area contributed by atoms with Crippen LogP contribution in [0.5, 0.6) is 0 Å². The molecule has 0 aromatic heterocycles. The summed E-state index contributed by atoms with van der Waals surface area (Å²) in [6.45, 7) is 2.34. The number of fused-ring (bicyclic) bond motifs is 2. The maximum absolute atomic E-state index is 2.34. The lowest BCUT2D eigenvalue weighted by Crippen LogP contribution is -2.19. The Hall–Kier alpha value is 0.430. The molecule has 2 rings (SSSR count). The van der Waals surface area contributed by atoms with E-state index in [0.717, 1.165) is 10.8 Å². The highest BCUT2D eigenvalue weighted by Gasteiger charge is 2.39. The lowest BCUT2D eigenvalue weighted by atomic mass is 9.87. The van der Waals surface area contributed by atoms with Crippen molar-refractivity contribution in [3.05, 3.63) is 0 Å². The van der Waals surface area contributed by atoms with Gasteiger partial charge in [0.15, 0.2) is 0 Å². The molecule has 3 atom stereocenters. The Balaban J connectivity index is 1.94. The van der Waals surface area contributed by atoms with Gasteiger partial charge in [0.2, 0.25) is 0 Å². The maximum atomic E-state index is 2.34. The summed E-state index contributed by atoms with van der Waals surface area (Å²) in [5, 5.41) is 0.858. The molecule has 0 saturated carbocycles. The van der Waals surface area contributed by atoms with Gasteiger partial charge in [-0.25, -0.2) is 0 Å². The van der Waals surface area contributed by atoms with E-state index in [1.807, 2.05) is 0 Å². The van der Waals surface area contributed by atoms with E-state index in [2.05, 4.69) is 6.92 Å². The first-order valence-electron chi connectivity index (χ1n) is 6.12. The van der Waals surface area contributed by atoms with E-state index < -0.39 is 0 Å². The third-order valence-electron chi connectivity index (χ3n) is 3.95. The zero-order valence-corrected chi connectivity index (χ0v) is 9.94. The minimum Gasteiger partial charge on any atom is -0.112 e. The minimum atomic E-state index is 0.858. The molecular formula is C12H23P. The fourth-order valence-electron chi connectivity index (χ4n) is 3.13. The molecule has 13 heavy (non-hydrogen) atoms. The van der Waals surface area contributed by atoms with Gasteiger partial charge < -0.3 is 0 Å². The predicted molar refractivity (Wildman–Crippen MR) is 62.1 cm³/mol. The van der Waals surface area contributed by atoms with Gasteiger partial charge in [0, 0.05) is 0 Å². The monoisotopic (exact) mass is 198 g/mol. The van der Waals surface area contributed by atoms with Crippen LogP contribution >= 0.6 is 8.58 Å². The SMILES string of the molecule is CCCCC12CCCCC(CC1)P2. The van der Waals surface area contributed by atoms with E-state index in [9.17, 15) is 0 Å². The van der Waals surface area contributed by atoms with Gasteiger partial charge in [-0.2, -0.15) is 0 Å². The quantitative estimate of drug-likeness (QED) is 0.592. The molecule has 2 saturated heterocycles. The van der Waals surface area contributed by atoms with E-state index in [1.165, 1.54) is 34.3 Å². The van der Waals surface area contributed by atoms with Crippen molar-refractivity contribution in [2.45, 2.75) is 75.5 Å². The summed E-state index contributed by atoms with van der Waals surface area (Å²) < 4.78 is 0. The highest BCUT2D eigenvalue weighted by atomic mass is 31.1. The standard InChI is InChI=1S/C12H23P/c1-2-3-8-12-9-5-4-6-11(13-12)7-10-12/h11,13H,2-10H2,1H3. The number of hydrogen-bond acceptors (Lipinski definition) is 0. The molecule has 2 bridgehead atoms. The van der Waals surface area contributed by atoms with Gasteiger partial charge in [-0.15, -0.1) is 8.58 Å². The second-order valence-corrected chi connectivity index (χ2v) is 7.18. The van der Waals surface area contributed by atoms with Crippen LogP contribution in [0.1, 0.15) is 64.7 Å². The molecule has 2 fully saturated rings. The molecule has 76 valence electrons. The first-order valence-corrected chi connectivity index (χ1v) is 7.20. The third kappa shape index (κ3) is 2.27. The zero-order valence-electron chi connectivity index (χ0n) is 8.94. The Bertz CT molecular complexity index is 167. The molecule has 2 aliphatic rings. The zero-order chi connectivity index (χ0) is 9.15. The summed E-state index contributed by atoms with van der Waals surface area (Å²) in [6.07, 6.45) is 13.8. The fourth-order valence-corrected chi connectivity index (χ4v) is 5.57. The molecule has 0 aromatic rings. The van der Waals surface area contributed by atoms with Crippen LogP contribution in [-0.4, -0.2) is 10.8 Å². The number of unbranched alkanes of at least 4 members (excludes halogenated alkanes) is 1. The van der Waals surface area contributed by atoms with E-state index in [1.54, 1.807) is 32.1 Å². The van der Waals surface area contributed by atoms with Crippen LogP contribution in [0.2, 0.25) is 0 Å². The number of rotatable bonds is 3. The lowest BCUT2D eigenvalue weighted by molar-refractivity contribution is 0.421. The molecule has 2 aliphatic heterocycles. The van der Waals surface area contributed by atoms with Crippen LogP contribution in [0.15, 0.2) is 0 Å². The second-order valence-electron chi connectivity index (χ2n) is 5.01. The predicted octanol–water partition coefficient (Wildman–Crippen LogP) is 4.33. The van der Waals surface area contributed by atoms with Crippen molar-refractivity contribution in [1.29, 1.82) is 0 Å². The first-order chi connectivity index (χ1) is 6.35. The fraction of sp³-hybridized carbons (Fsp3) is 1.00. The van der Waals surface area contributed by atoms with Gasteiger partial charge in [-0.05, 0) is 42.9 Å². The molecule has 0 radical (unpaired) electrons. The normalized spacial score (nSPS) is 40.8. The summed E-state index contributed by atoms with van der Waals surface area (Å²) in [7, 11) is 1.33. The van der Waals surface area contributed by atoms with Crippen molar-refractivity contribution < 1.29 is 0 Å². The first kappa shape index (κ1) is 9.97. The summed E-state index contributed by atoms with van der Waals surface area (Å²) in [4.78, 5) is 0. The Morgan fingerprint density at radius 2 is 2.15 bits per heavy atom. The Labute approximate surface area is 84.7 Å². The molecule has 3 unspecified atom stereocenters. The summed E-state index contributed by atoms with van der Waals surface area (Å²) in [5.74, 6) is 0. The average molecular weight is 198 g/mol. The smallest absolute Gasteiger partial charge is 0.0119 e. The molecule has 0 amide bonds. The lowest BCUT2D eigenvalue weighted by Gasteiger charge is -2.28. The van der Waals surface area contributed by atoms with Crippen molar-refractivity contribution in [2.75, 3.05) is 0 Å². The van der Waals surface area contributed by atoms with Crippen LogP contribution in [0, 0.1) is 0 Å². The van der Waals surface area contributed by atoms with Crippen LogP contribution < -0.4 is 0 Å². The second kappa shape index (κ2) is 4.30. The van der Waals surface area contributed by atoms with Crippen LogP contribution in [0.3, 0.4) is 0 Å². The van der Waals surface area contributed by atoms with Gasteiger partial charge in [0.1, 0.15) is 0 Å². The highest BCUT2D eigenvalue weighted by molar-refractivity contribution is 7.41. The highest BCUT2D eigenvalue weighted by Crippen LogP contribution is 2.57. The van der Waals surface area contributed by atoms with Crippen molar-refractivity contribution >= 4 is 8.58 Å². The van der Waals surface area contributed by atoms with Crippen molar-refractivity contribution in [2.24, 2.45) is 0 Å². The van der Waals surface area contributed by atoms with Crippen LogP contribution in [0.4, 0.5) is 0 Å². The third-order valence-corrected chi connectivity index (χ3v) is 6.30. The van der Waals surface area contributed by atoms with Gasteiger partial charge >= 0.3 is 0 Å². The van der Waals surface area contributed by atoms with E-state index in [-0.39, 0.29) is 0 Å². The topological polar surface area (TPSA) is 0 Å². The molecule has 0 N–H and O–H groups in total.